The molecule has 2 aromatic heterocycles. The Labute approximate surface area is 144 Å². The Morgan fingerprint density at radius 3 is 3.04 bits per heavy atom. The van der Waals surface area contributed by atoms with Gasteiger partial charge in [0, 0.05) is 37.7 Å². The van der Waals surface area contributed by atoms with Crippen LogP contribution in [-0.4, -0.2) is 33.7 Å². The minimum Gasteiger partial charge on any atom is -0.480 e. The second kappa shape index (κ2) is 6.60. The monoisotopic (exact) mass is 340 g/mol. The fourth-order valence-corrected chi connectivity index (χ4v) is 2.96. The summed E-state index contributed by atoms with van der Waals surface area (Å²) in [5, 5.41) is 8.23. The third-order valence-electron chi connectivity index (χ3n) is 4.21. The highest BCUT2D eigenvalue weighted by atomic mass is 19.1. The van der Waals surface area contributed by atoms with Gasteiger partial charge in [0.2, 0.25) is 11.8 Å². The standard InChI is InChI=1S/C18H17FN4O2/c1-24-17-8-13-9-23(6-5-16(13)21-22-17)10-15-11-25-18(20-15)12-3-2-4-14(19)7-12/h2-4,7-8,11H,5-6,9-10H2,1H3. The molecule has 0 fully saturated rings. The summed E-state index contributed by atoms with van der Waals surface area (Å²) in [6.45, 7) is 2.28. The average Bonchev–Trinajstić information content (AvgIpc) is 3.09. The molecule has 25 heavy (non-hydrogen) atoms. The summed E-state index contributed by atoms with van der Waals surface area (Å²) in [4.78, 5) is 6.74. The van der Waals surface area contributed by atoms with E-state index < -0.39 is 0 Å². The molecule has 0 bridgehead atoms. The molecule has 1 aliphatic heterocycles. The van der Waals surface area contributed by atoms with Crippen LogP contribution < -0.4 is 4.74 Å². The van der Waals surface area contributed by atoms with Crippen molar-refractivity contribution in [2.45, 2.75) is 19.5 Å². The van der Waals surface area contributed by atoms with Crippen LogP contribution in [-0.2, 0) is 19.5 Å². The molecule has 0 spiro atoms. The van der Waals surface area contributed by atoms with Gasteiger partial charge in [0.05, 0.1) is 18.5 Å². The lowest BCUT2D eigenvalue weighted by atomic mass is 10.1. The molecule has 0 unspecified atom stereocenters. The zero-order chi connectivity index (χ0) is 17.2. The lowest BCUT2D eigenvalue weighted by molar-refractivity contribution is 0.238. The van der Waals surface area contributed by atoms with Crippen molar-refractivity contribution in [1.29, 1.82) is 0 Å². The van der Waals surface area contributed by atoms with Crippen LogP contribution in [0.1, 0.15) is 17.0 Å². The first-order valence-corrected chi connectivity index (χ1v) is 8.03. The van der Waals surface area contributed by atoms with Gasteiger partial charge in [-0.05, 0) is 23.8 Å². The summed E-state index contributed by atoms with van der Waals surface area (Å²) in [5.41, 5.74) is 3.58. The number of benzene rings is 1. The number of oxazole rings is 1. The van der Waals surface area contributed by atoms with Crippen molar-refractivity contribution in [3.05, 3.63) is 59.4 Å². The van der Waals surface area contributed by atoms with Gasteiger partial charge in [0.15, 0.2) is 0 Å². The minimum absolute atomic E-state index is 0.306. The van der Waals surface area contributed by atoms with E-state index in [1.54, 1.807) is 25.5 Å². The van der Waals surface area contributed by atoms with Gasteiger partial charge in [0.25, 0.3) is 0 Å². The molecule has 3 heterocycles. The fraction of sp³-hybridized carbons (Fsp3) is 0.278. The number of nitrogens with zero attached hydrogens (tertiary/aromatic N) is 4. The molecule has 0 saturated carbocycles. The summed E-state index contributed by atoms with van der Waals surface area (Å²) in [6.07, 6.45) is 2.46. The molecule has 3 aromatic rings. The molecule has 1 aliphatic rings. The first-order chi connectivity index (χ1) is 12.2. The Balaban J connectivity index is 1.48. The van der Waals surface area contributed by atoms with Crippen molar-refractivity contribution in [3.63, 3.8) is 0 Å². The van der Waals surface area contributed by atoms with Crippen molar-refractivity contribution in [1.82, 2.24) is 20.1 Å². The maximum absolute atomic E-state index is 13.3. The van der Waals surface area contributed by atoms with Gasteiger partial charge >= 0.3 is 0 Å². The highest BCUT2D eigenvalue weighted by Crippen LogP contribution is 2.23. The predicted molar refractivity (Wildman–Crippen MR) is 88.3 cm³/mol. The molecule has 0 radical (unpaired) electrons. The Morgan fingerprint density at radius 1 is 1.28 bits per heavy atom. The summed E-state index contributed by atoms with van der Waals surface area (Å²) in [7, 11) is 1.58. The molecule has 0 saturated heterocycles. The summed E-state index contributed by atoms with van der Waals surface area (Å²) in [5.74, 6) is 0.648. The number of hydrogen-bond donors (Lipinski definition) is 0. The van der Waals surface area contributed by atoms with E-state index in [2.05, 4.69) is 20.1 Å². The Kier molecular flexibility index (Phi) is 4.15. The number of rotatable bonds is 4. The van der Waals surface area contributed by atoms with Crippen molar-refractivity contribution >= 4 is 0 Å². The smallest absolute Gasteiger partial charge is 0.233 e. The van der Waals surface area contributed by atoms with Crippen LogP contribution in [0.25, 0.3) is 11.5 Å². The molecule has 0 atom stereocenters. The molecule has 1 aromatic carbocycles. The molecule has 0 aliphatic carbocycles. The van der Waals surface area contributed by atoms with E-state index in [0.29, 0.717) is 23.9 Å². The van der Waals surface area contributed by atoms with Crippen LogP contribution in [0.15, 0.2) is 41.0 Å². The number of hydrogen-bond acceptors (Lipinski definition) is 6. The first-order valence-electron chi connectivity index (χ1n) is 8.03. The molecular weight excluding hydrogens is 323 g/mol. The van der Waals surface area contributed by atoms with Gasteiger partial charge in [-0.3, -0.25) is 4.90 Å². The van der Waals surface area contributed by atoms with E-state index in [4.69, 9.17) is 9.15 Å². The predicted octanol–water partition coefficient (Wildman–Crippen LogP) is 2.84. The SMILES string of the molecule is COc1cc2c(nn1)CCN(Cc1coc(-c3cccc(F)c3)n1)C2. The van der Waals surface area contributed by atoms with Gasteiger partial charge in [-0.2, -0.15) is 5.10 Å². The van der Waals surface area contributed by atoms with E-state index in [9.17, 15) is 4.39 Å². The van der Waals surface area contributed by atoms with E-state index in [1.807, 2.05) is 6.07 Å². The van der Waals surface area contributed by atoms with Crippen LogP contribution in [0.2, 0.25) is 0 Å². The lowest BCUT2D eigenvalue weighted by Gasteiger charge is -2.26. The maximum atomic E-state index is 13.3. The quantitative estimate of drug-likeness (QED) is 0.728. The highest BCUT2D eigenvalue weighted by molar-refractivity contribution is 5.52. The molecular formula is C18H17FN4O2. The third kappa shape index (κ3) is 3.36. The van der Waals surface area contributed by atoms with Crippen LogP contribution in [0, 0.1) is 5.82 Å². The van der Waals surface area contributed by atoms with E-state index in [1.165, 1.54) is 12.1 Å². The van der Waals surface area contributed by atoms with E-state index in [-0.39, 0.29) is 5.82 Å². The molecule has 0 amide bonds. The van der Waals surface area contributed by atoms with Gasteiger partial charge < -0.3 is 9.15 Å². The summed E-state index contributed by atoms with van der Waals surface area (Å²) < 4.78 is 24.0. The Morgan fingerprint density at radius 2 is 2.20 bits per heavy atom. The topological polar surface area (TPSA) is 64.3 Å². The van der Waals surface area contributed by atoms with E-state index >= 15 is 0 Å². The van der Waals surface area contributed by atoms with Gasteiger partial charge in [-0.1, -0.05) is 6.07 Å². The van der Waals surface area contributed by atoms with Crippen LogP contribution in [0.4, 0.5) is 4.39 Å². The molecule has 128 valence electrons. The zero-order valence-corrected chi connectivity index (χ0v) is 13.8. The minimum atomic E-state index is -0.306. The largest absolute Gasteiger partial charge is 0.480 e. The van der Waals surface area contributed by atoms with E-state index in [0.717, 1.165) is 36.5 Å². The Hall–Kier alpha value is -2.80. The first kappa shape index (κ1) is 15.7. The van der Waals surface area contributed by atoms with Gasteiger partial charge in [-0.25, -0.2) is 9.37 Å². The van der Waals surface area contributed by atoms with Crippen LogP contribution in [0.3, 0.4) is 0 Å². The summed E-state index contributed by atoms with van der Waals surface area (Å²) >= 11 is 0. The van der Waals surface area contributed by atoms with Crippen molar-refractivity contribution in [2.24, 2.45) is 0 Å². The zero-order valence-electron chi connectivity index (χ0n) is 13.8. The number of aromatic nitrogens is 3. The number of ether oxygens (including phenoxy) is 1. The molecule has 6 nitrogen and oxygen atoms in total. The summed E-state index contributed by atoms with van der Waals surface area (Å²) in [6, 6.07) is 8.16. The lowest BCUT2D eigenvalue weighted by Crippen LogP contribution is -2.31. The molecule has 7 heteroatoms. The maximum Gasteiger partial charge on any atom is 0.233 e. The van der Waals surface area contributed by atoms with Gasteiger partial charge in [-0.15, -0.1) is 5.10 Å². The number of methoxy groups -OCH3 is 1. The Bertz CT molecular complexity index is 896. The van der Waals surface area contributed by atoms with Crippen LogP contribution in [0.5, 0.6) is 5.88 Å². The molecule has 4 rings (SSSR count). The number of fused-ring (bicyclic) bond motifs is 1. The normalized spacial score (nSPS) is 14.3. The molecule has 0 N–H and O–H groups in total. The van der Waals surface area contributed by atoms with Gasteiger partial charge in [0.1, 0.15) is 12.1 Å². The highest BCUT2D eigenvalue weighted by Gasteiger charge is 2.20. The number of halogens is 1. The van der Waals surface area contributed by atoms with Crippen molar-refractivity contribution in [2.75, 3.05) is 13.7 Å². The third-order valence-corrected chi connectivity index (χ3v) is 4.21. The van der Waals surface area contributed by atoms with Crippen molar-refractivity contribution < 1.29 is 13.5 Å². The second-order valence-electron chi connectivity index (χ2n) is 5.97. The van der Waals surface area contributed by atoms with Crippen LogP contribution >= 0.6 is 0 Å². The average molecular weight is 340 g/mol. The fourth-order valence-electron chi connectivity index (χ4n) is 2.96. The van der Waals surface area contributed by atoms with Crippen molar-refractivity contribution in [3.8, 4) is 17.3 Å². The second-order valence-corrected chi connectivity index (χ2v) is 5.97.